The molecule has 0 atom stereocenters. The second-order valence-electron chi connectivity index (χ2n) is 10.2. The number of hydrogen-bond acceptors (Lipinski definition) is 6. The Morgan fingerprint density at radius 2 is 1.71 bits per heavy atom. The number of ether oxygens (including phenoxy) is 2. The molecule has 1 aliphatic heterocycles. The van der Waals surface area contributed by atoms with E-state index in [0.717, 1.165) is 16.9 Å². The van der Waals surface area contributed by atoms with Crippen molar-refractivity contribution in [3.63, 3.8) is 0 Å². The van der Waals surface area contributed by atoms with Crippen LogP contribution in [0.25, 0.3) is 16.6 Å². The van der Waals surface area contributed by atoms with Gasteiger partial charge in [0, 0.05) is 12.0 Å². The number of sulfonamides is 1. The lowest BCUT2D eigenvalue weighted by Gasteiger charge is -2.20. The number of aromatic nitrogens is 2. The van der Waals surface area contributed by atoms with Gasteiger partial charge in [-0.3, -0.25) is 4.79 Å². The molecule has 0 fully saturated rings. The second-order valence-corrected chi connectivity index (χ2v) is 11.8. The van der Waals surface area contributed by atoms with E-state index in [9.17, 15) is 13.2 Å². The molecule has 1 aromatic heterocycles. The van der Waals surface area contributed by atoms with E-state index in [1.165, 1.54) is 4.57 Å². The van der Waals surface area contributed by atoms with Crippen LogP contribution in [-0.4, -0.2) is 30.2 Å². The fourth-order valence-corrected chi connectivity index (χ4v) is 6.68. The van der Waals surface area contributed by atoms with Crippen LogP contribution in [0, 0.1) is 20.8 Å². The van der Waals surface area contributed by atoms with Crippen molar-refractivity contribution in [2.75, 3.05) is 11.3 Å². The molecule has 0 saturated carbocycles. The van der Waals surface area contributed by atoms with Crippen LogP contribution in [-0.2, 0) is 16.4 Å². The molecule has 8 nitrogen and oxygen atoms in total. The Morgan fingerprint density at radius 1 is 1.03 bits per heavy atom. The molecule has 38 heavy (non-hydrogen) atoms. The van der Waals surface area contributed by atoms with Crippen LogP contribution in [0.5, 0.6) is 11.5 Å². The van der Waals surface area contributed by atoms with Gasteiger partial charge in [-0.15, -0.1) is 0 Å². The Morgan fingerprint density at radius 3 is 2.39 bits per heavy atom. The molecule has 1 aliphatic rings. The minimum atomic E-state index is -4.14. The third-order valence-corrected chi connectivity index (χ3v) is 8.57. The van der Waals surface area contributed by atoms with E-state index in [0.29, 0.717) is 46.5 Å². The minimum absolute atomic E-state index is 0.0913. The molecule has 0 saturated heterocycles. The Kier molecular flexibility index (Phi) is 6.22. The van der Waals surface area contributed by atoms with Gasteiger partial charge in [0.15, 0.2) is 0 Å². The normalized spacial score (nSPS) is 14.3. The van der Waals surface area contributed by atoms with E-state index in [4.69, 9.17) is 9.47 Å². The van der Waals surface area contributed by atoms with Crippen molar-refractivity contribution >= 4 is 26.9 Å². The number of rotatable bonds is 6. The maximum Gasteiger partial charge on any atom is 0.267 e. The predicted molar refractivity (Wildman–Crippen MR) is 148 cm³/mol. The zero-order chi connectivity index (χ0) is 27.4. The van der Waals surface area contributed by atoms with Gasteiger partial charge in [-0.1, -0.05) is 12.1 Å². The first-order chi connectivity index (χ1) is 17.9. The van der Waals surface area contributed by atoms with E-state index >= 15 is 0 Å². The van der Waals surface area contributed by atoms with E-state index in [1.54, 1.807) is 62.4 Å². The van der Waals surface area contributed by atoms with Gasteiger partial charge < -0.3 is 9.47 Å². The van der Waals surface area contributed by atoms with Crippen LogP contribution >= 0.6 is 0 Å². The molecular weight excluding hydrogens is 502 g/mol. The second kappa shape index (κ2) is 9.16. The smallest absolute Gasteiger partial charge is 0.267 e. The molecule has 0 radical (unpaired) electrons. The molecule has 1 N–H and O–H groups in total. The van der Waals surface area contributed by atoms with Crippen LogP contribution in [0.1, 0.15) is 43.0 Å². The average molecular weight is 534 g/mol. The highest BCUT2D eigenvalue weighted by molar-refractivity contribution is 7.92. The van der Waals surface area contributed by atoms with Crippen LogP contribution in [0.3, 0.4) is 0 Å². The van der Waals surface area contributed by atoms with Crippen molar-refractivity contribution in [2.45, 2.75) is 58.5 Å². The average Bonchev–Trinajstić information content (AvgIpc) is 3.19. The van der Waals surface area contributed by atoms with Gasteiger partial charge >= 0.3 is 0 Å². The zero-order valence-corrected chi connectivity index (χ0v) is 23.2. The summed E-state index contributed by atoms with van der Waals surface area (Å²) in [5.74, 6) is 1.30. The molecule has 0 unspecified atom stereocenters. The van der Waals surface area contributed by atoms with Crippen molar-refractivity contribution in [3.05, 3.63) is 81.1 Å². The Hall–Kier alpha value is -3.85. The summed E-state index contributed by atoms with van der Waals surface area (Å²) in [5.41, 5.74) is 2.95. The molecule has 0 amide bonds. The summed E-state index contributed by atoms with van der Waals surface area (Å²) in [7, 11) is -4.14. The standard InChI is InChI=1S/C29H31N3O5S/c1-7-36-21-14-12-20(13-15-21)32-27(33)22-10-8-9-11-24(22)30-28(32)31-38(34,35)26-18(3)17(2)25-23(19(26)4)16-29(5,6)37-25/h8-15H,7,16H2,1-6H3,(H,30,31). The van der Waals surface area contributed by atoms with Gasteiger partial charge in [0.1, 0.15) is 17.1 Å². The van der Waals surface area contributed by atoms with Crippen LogP contribution in [0.4, 0.5) is 5.95 Å². The zero-order valence-electron chi connectivity index (χ0n) is 22.4. The summed E-state index contributed by atoms with van der Waals surface area (Å²) in [6, 6.07) is 13.7. The Balaban J connectivity index is 1.69. The van der Waals surface area contributed by atoms with E-state index in [1.807, 2.05) is 27.7 Å². The maximum atomic E-state index is 14.0. The lowest BCUT2D eigenvalue weighted by atomic mass is 9.94. The van der Waals surface area contributed by atoms with Crippen molar-refractivity contribution in [1.82, 2.24) is 9.55 Å². The van der Waals surface area contributed by atoms with Gasteiger partial charge in [0.25, 0.3) is 15.6 Å². The highest BCUT2D eigenvalue weighted by atomic mass is 32.2. The molecule has 2 heterocycles. The molecule has 0 spiro atoms. The number of nitrogens with one attached hydrogen (secondary N) is 1. The summed E-state index contributed by atoms with van der Waals surface area (Å²) in [6.07, 6.45) is 0.600. The summed E-state index contributed by atoms with van der Waals surface area (Å²) >= 11 is 0. The van der Waals surface area contributed by atoms with Crippen LogP contribution < -0.4 is 19.8 Å². The third-order valence-electron chi connectivity index (χ3n) is 6.97. The number of para-hydroxylation sites is 1. The van der Waals surface area contributed by atoms with Gasteiger partial charge in [0.2, 0.25) is 5.95 Å². The number of benzene rings is 3. The first-order valence-corrected chi connectivity index (χ1v) is 14.0. The number of anilines is 1. The Bertz CT molecular complexity index is 1740. The van der Waals surface area contributed by atoms with Crippen LogP contribution in [0.15, 0.2) is 58.2 Å². The summed E-state index contributed by atoms with van der Waals surface area (Å²) in [5, 5.41) is 0.379. The Labute approximate surface area is 222 Å². The van der Waals surface area contributed by atoms with E-state index in [2.05, 4.69) is 9.71 Å². The molecule has 4 aromatic rings. The van der Waals surface area contributed by atoms with Gasteiger partial charge in [-0.25, -0.2) is 22.7 Å². The molecule has 3 aromatic carbocycles. The first-order valence-electron chi connectivity index (χ1n) is 12.5. The van der Waals surface area contributed by atoms with Crippen molar-refractivity contribution in [2.24, 2.45) is 0 Å². The molecular formula is C29H31N3O5S. The van der Waals surface area contributed by atoms with Gasteiger partial charge in [-0.2, -0.15) is 0 Å². The fraction of sp³-hybridized carbons (Fsp3) is 0.310. The van der Waals surface area contributed by atoms with E-state index in [-0.39, 0.29) is 16.4 Å². The monoisotopic (exact) mass is 533 g/mol. The fourth-order valence-electron chi connectivity index (χ4n) is 5.12. The van der Waals surface area contributed by atoms with Crippen molar-refractivity contribution in [3.8, 4) is 17.2 Å². The van der Waals surface area contributed by atoms with Gasteiger partial charge in [0.05, 0.1) is 28.1 Å². The summed E-state index contributed by atoms with van der Waals surface area (Å²) < 4.78 is 43.6. The first kappa shape index (κ1) is 25.8. The summed E-state index contributed by atoms with van der Waals surface area (Å²) in [4.78, 5) is 18.4. The van der Waals surface area contributed by atoms with Gasteiger partial charge in [-0.05, 0) is 94.6 Å². The molecule has 5 rings (SSSR count). The van der Waals surface area contributed by atoms with E-state index < -0.39 is 15.6 Å². The molecule has 198 valence electrons. The maximum absolute atomic E-state index is 14.0. The minimum Gasteiger partial charge on any atom is -0.494 e. The highest BCUT2D eigenvalue weighted by Gasteiger charge is 2.37. The SMILES string of the molecule is CCOc1ccc(-n2c(NS(=O)(=O)c3c(C)c(C)c4c(c3C)CC(C)(C)O4)nc3ccccc3c2=O)cc1. The molecule has 0 aliphatic carbocycles. The molecule has 0 bridgehead atoms. The third kappa shape index (κ3) is 4.30. The van der Waals surface area contributed by atoms with Crippen molar-refractivity contribution < 1.29 is 17.9 Å². The largest absolute Gasteiger partial charge is 0.494 e. The topological polar surface area (TPSA) is 99.5 Å². The lowest BCUT2D eigenvalue weighted by Crippen LogP contribution is -2.27. The lowest BCUT2D eigenvalue weighted by molar-refractivity contribution is 0.137. The quantitative estimate of drug-likeness (QED) is 0.365. The number of hydrogen-bond donors (Lipinski definition) is 1. The van der Waals surface area contributed by atoms with Crippen LogP contribution in [0.2, 0.25) is 0 Å². The predicted octanol–water partition coefficient (Wildman–Crippen LogP) is 5.22. The molecule has 9 heteroatoms. The number of nitrogens with zero attached hydrogens (tertiary/aromatic N) is 2. The summed E-state index contributed by atoms with van der Waals surface area (Å²) in [6.45, 7) is 11.8. The number of fused-ring (bicyclic) bond motifs is 2. The van der Waals surface area contributed by atoms with Crippen molar-refractivity contribution in [1.29, 1.82) is 0 Å². The highest BCUT2D eigenvalue weighted by Crippen LogP contribution is 2.44.